The van der Waals surface area contributed by atoms with Crippen LogP contribution in [0.3, 0.4) is 0 Å². The molecular weight excluding hydrogens is 224 g/mol. The number of hydrogen-bond acceptors (Lipinski definition) is 3. The number of anilines is 2. The predicted molar refractivity (Wildman–Crippen MR) is 79.4 cm³/mol. The molecule has 1 aromatic carbocycles. The molecule has 0 aromatic heterocycles. The highest BCUT2D eigenvalue weighted by Crippen LogP contribution is 2.32. The van der Waals surface area contributed by atoms with E-state index in [1.54, 1.807) is 0 Å². The van der Waals surface area contributed by atoms with Crippen LogP contribution in [0, 0.1) is 0 Å². The van der Waals surface area contributed by atoms with Crippen LogP contribution in [0.25, 0.3) is 0 Å². The van der Waals surface area contributed by atoms with Crippen molar-refractivity contribution in [2.45, 2.75) is 46.1 Å². The Bertz CT molecular complexity index is 364. The Kier molecular flexibility index (Phi) is 5.83. The van der Waals surface area contributed by atoms with Gasteiger partial charge in [-0.25, -0.2) is 0 Å². The highest BCUT2D eigenvalue weighted by Gasteiger charge is 2.10. The number of hydrogen-bond donors (Lipinski definition) is 1. The van der Waals surface area contributed by atoms with Gasteiger partial charge in [-0.3, -0.25) is 0 Å². The Morgan fingerprint density at radius 2 is 2.00 bits per heavy atom. The zero-order valence-corrected chi connectivity index (χ0v) is 12.1. The topological polar surface area (TPSA) is 38.5 Å². The second kappa shape index (κ2) is 7.14. The van der Waals surface area contributed by atoms with Gasteiger partial charge in [0.1, 0.15) is 5.75 Å². The third kappa shape index (κ3) is 4.13. The molecule has 0 atom stereocenters. The lowest BCUT2D eigenvalue weighted by Crippen LogP contribution is -2.20. The van der Waals surface area contributed by atoms with Crippen LogP contribution in [0.1, 0.15) is 40.0 Å². The van der Waals surface area contributed by atoms with Crippen LogP contribution in [0.2, 0.25) is 0 Å². The predicted octanol–water partition coefficient (Wildman–Crippen LogP) is 3.68. The molecule has 1 rings (SSSR count). The van der Waals surface area contributed by atoms with Gasteiger partial charge in [0.2, 0.25) is 0 Å². The molecule has 2 N–H and O–H groups in total. The molecule has 1 aromatic rings. The first-order chi connectivity index (χ1) is 8.56. The van der Waals surface area contributed by atoms with Crippen molar-refractivity contribution < 1.29 is 4.74 Å². The normalized spacial score (nSPS) is 10.7. The van der Waals surface area contributed by atoms with Gasteiger partial charge in [-0.15, -0.1) is 0 Å². The van der Waals surface area contributed by atoms with Crippen LogP contribution in [-0.4, -0.2) is 19.7 Å². The summed E-state index contributed by atoms with van der Waals surface area (Å²) >= 11 is 0. The summed E-state index contributed by atoms with van der Waals surface area (Å²) in [5, 5.41) is 0. The standard InChI is InChI=1S/C15H26N2O/c1-5-6-7-11-17(4)13-9-8-10-14(15(13)16)18-12(2)3/h8-10,12H,5-7,11,16H2,1-4H3. The van der Waals surface area contributed by atoms with Crippen LogP contribution in [-0.2, 0) is 0 Å². The molecule has 0 aliphatic rings. The molecule has 0 radical (unpaired) electrons. The molecule has 0 saturated heterocycles. The van der Waals surface area contributed by atoms with E-state index in [1.807, 2.05) is 26.0 Å². The number of para-hydroxylation sites is 1. The number of nitrogen functional groups attached to an aromatic ring is 1. The number of nitrogens with zero attached hydrogens (tertiary/aromatic N) is 1. The van der Waals surface area contributed by atoms with Crippen molar-refractivity contribution in [2.24, 2.45) is 0 Å². The van der Waals surface area contributed by atoms with E-state index in [9.17, 15) is 0 Å². The average Bonchev–Trinajstić information content (AvgIpc) is 2.31. The van der Waals surface area contributed by atoms with E-state index in [-0.39, 0.29) is 6.10 Å². The highest BCUT2D eigenvalue weighted by molar-refractivity contribution is 5.73. The van der Waals surface area contributed by atoms with Crippen LogP contribution in [0.5, 0.6) is 5.75 Å². The maximum absolute atomic E-state index is 6.17. The van der Waals surface area contributed by atoms with Gasteiger partial charge in [0.15, 0.2) is 0 Å². The molecule has 3 heteroatoms. The maximum atomic E-state index is 6.17. The number of unbranched alkanes of at least 4 members (excludes halogenated alkanes) is 2. The quantitative estimate of drug-likeness (QED) is 0.592. The van der Waals surface area contributed by atoms with Crippen molar-refractivity contribution in [1.82, 2.24) is 0 Å². The zero-order valence-electron chi connectivity index (χ0n) is 12.1. The molecule has 0 amide bonds. The SMILES string of the molecule is CCCCCN(C)c1cccc(OC(C)C)c1N. The van der Waals surface area contributed by atoms with Crippen molar-refractivity contribution >= 4 is 11.4 Å². The fourth-order valence-electron chi connectivity index (χ4n) is 1.94. The molecule has 0 unspecified atom stereocenters. The fourth-order valence-corrected chi connectivity index (χ4v) is 1.94. The van der Waals surface area contributed by atoms with Crippen LogP contribution in [0.4, 0.5) is 11.4 Å². The second-order valence-electron chi connectivity index (χ2n) is 4.98. The number of nitrogens with two attached hydrogens (primary N) is 1. The minimum atomic E-state index is 0.146. The van der Waals surface area contributed by atoms with E-state index in [1.165, 1.54) is 19.3 Å². The number of rotatable bonds is 7. The molecule has 0 saturated carbocycles. The Balaban J connectivity index is 2.75. The molecular formula is C15H26N2O. The molecule has 0 heterocycles. The van der Waals surface area contributed by atoms with Crippen molar-refractivity contribution in [3.8, 4) is 5.75 Å². The maximum Gasteiger partial charge on any atom is 0.144 e. The summed E-state index contributed by atoms with van der Waals surface area (Å²) in [6.45, 7) is 7.27. The Morgan fingerprint density at radius 3 is 2.61 bits per heavy atom. The lowest BCUT2D eigenvalue weighted by atomic mass is 10.2. The number of ether oxygens (including phenoxy) is 1. The third-order valence-electron chi connectivity index (χ3n) is 2.91. The molecule has 0 aliphatic carbocycles. The molecule has 18 heavy (non-hydrogen) atoms. The van der Waals surface area contributed by atoms with Gasteiger partial charge < -0.3 is 15.4 Å². The molecule has 0 bridgehead atoms. The first-order valence-electron chi connectivity index (χ1n) is 6.82. The van der Waals surface area contributed by atoms with Crippen molar-refractivity contribution in [3.63, 3.8) is 0 Å². The Hall–Kier alpha value is -1.38. The molecule has 0 spiro atoms. The monoisotopic (exact) mass is 250 g/mol. The van der Waals surface area contributed by atoms with Gasteiger partial charge in [0.05, 0.1) is 17.5 Å². The molecule has 3 nitrogen and oxygen atoms in total. The smallest absolute Gasteiger partial charge is 0.144 e. The van der Waals surface area contributed by atoms with E-state index >= 15 is 0 Å². The zero-order chi connectivity index (χ0) is 13.5. The summed E-state index contributed by atoms with van der Waals surface area (Å²) in [6, 6.07) is 5.98. The molecule has 102 valence electrons. The molecule has 0 fully saturated rings. The Labute approximate surface area is 111 Å². The largest absolute Gasteiger partial charge is 0.489 e. The average molecular weight is 250 g/mol. The first-order valence-corrected chi connectivity index (χ1v) is 6.82. The van der Waals surface area contributed by atoms with Crippen LogP contribution >= 0.6 is 0 Å². The third-order valence-corrected chi connectivity index (χ3v) is 2.91. The fraction of sp³-hybridized carbons (Fsp3) is 0.600. The van der Waals surface area contributed by atoms with Crippen molar-refractivity contribution in [3.05, 3.63) is 18.2 Å². The van der Waals surface area contributed by atoms with E-state index < -0.39 is 0 Å². The van der Waals surface area contributed by atoms with E-state index in [0.717, 1.165) is 23.7 Å². The second-order valence-corrected chi connectivity index (χ2v) is 4.98. The summed E-state index contributed by atoms with van der Waals surface area (Å²) in [6.07, 6.45) is 3.83. The van der Waals surface area contributed by atoms with Crippen molar-refractivity contribution in [2.75, 3.05) is 24.2 Å². The summed E-state index contributed by atoms with van der Waals surface area (Å²) in [5.74, 6) is 0.782. The lowest BCUT2D eigenvalue weighted by molar-refractivity contribution is 0.244. The summed E-state index contributed by atoms with van der Waals surface area (Å²) in [4.78, 5) is 2.21. The van der Waals surface area contributed by atoms with E-state index in [4.69, 9.17) is 10.5 Å². The van der Waals surface area contributed by atoms with Crippen molar-refractivity contribution in [1.29, 1.82) is 0 Å². The highest BCUT2D eigenvalue weighted by atomic mass is 16.5. The first kappa shape index (κ1) is 14.7. The van der Waals surface area contributed by atoms with Gasteiger partial charge in [-0.05, 0) is 32.4 Å². The Morgan fingerprint density at radius 1 is 1.28 bits per heavy atom. The minimum Gasteiger partial charge on any atom is -0.489 e. The lowest BCUT2D eigenvalue weighted by Gasteiger charge is -2.23. The van der Waals surface area contributed by atoms with Crippen LogP contribution < -0.4 is 15.4 Å². The molecule has 0 aliphatic heterocycles. The van der Waals surface area contributed by atoms with Crippen LogP contribution in [0.15, 0.2) is 18.2 Å². The van der Waals surface area contributed by atoms with Gasteiger partial charge in [0.25, 0.3) is 0 Å². The van der Waals surface area contributed by atoms with Gasteiger partial charge in [0, 0.05) is 13.6 Å². The number of benzene rings is 1. The summed E-state index contributed by atoms with van der Waals surface area (Å²) in [7, 11) is 2.08. The van der Waals surface area contributed by atoms with Gasteiger partial charge in [-0.1, -0.05) is 25.8 Å². The van der Waals surface area contributed by atoms with E-state index in [2.05, 4.69) is 24.9 Å². The van der Waals surface area contributed by atoms with E-state index in [0.29, 0.717) is 0 Å². The minimum absolute atomic E-state index is 0.146. The van der Waals surface area contributed by atoms with Gasteiger partial charge >= 0.3 is 0 Å². The van der Waals surface area contributed by atoms with Gasteiger partial charge in [-0.2, -0.15) is 0 Å². The summed E-state index contributed by atoms with van der Waals surface area (Å²) < 4.78 is 5.71. The summed E-state index contributed by atoms with van der Waals surface area (Å²) in [5.41, 5.74) is 7.97.